The van der Waals surface area contributed by atoms with Gasteiger partial charge in [0.2, 0.25) is 0 Å². The van der Waals surface area contributed by atoms with E-state index in [1.807, 2.05) is 6.92 Å². The molecular formula is C14H24O4. The van der Waals surface area contributed by atoms with Gasteiger partial charge in [0, 0.05) is 0 Å². The molecule has 18 heavy (non-hydrogen) atoms. The number of ether oxygens (including phenoxy) is 2. The van der Waals surface area contributed by atoms with E-state index in [4.69, 9.17) is 4.74 Å². The SMILES string of the molecule is C=C(C)CCCC(C)CCOC(=O)C(=O)OCC. The van der Waals surface area contributed by atoms with Crippen LogP contribution >= 0.6 is 0 Å². The zero-order valence-corrected chi connectivity index (χ0v) is 11.7. The Kier molecular flexibility index (Phi) is 8.97. The van der Waals surface area contributed by atoms with Crippen LogP contribution in [-0.4, -0.2) is 25.2 Å². The standard InChI is InChI=1S/C14H24O4/c1-5-17-13(15)14(16)18-10-9-12(4)8-6-7-11(2)3/h12H,2,5-10H2,1,3-4H3. The minimum absolute atomic E-state index is 0.186. The molecule has 0 aromatic rings. The number of hydrogen-bond acceptors (Lipinski definition) is 4. The van der Waals surface area contributed by atoms with Crippen LogP contribution < -0.4 is 0 Å². The topological polar surface area (TPSA) is 52.6 Å². The largest absolute Gasteiger partial charge is 0.458 e. The first-order valence-electron chi connectivity index (χ1n) is 6.45. The maximum absolute atomic E-state index is 11.1. The molecule has 0 aliphatic carbocycles. The molecule has 0 aromatic carbocycles. The highest BCUT2D eigenvalue weighted by Crippen LogP contribution is 2.14. The van der Waals surface area contributed by atoms with Gasteiger partial charge in [0.05, 0.1) is 13.2 Å². The minimum Gasteiger partial charge on any atom is -0.458 e. The van der Waals surface area contributed by atoms with Crippen molar-refractivity contribution in [2.24, 2.45) is 5.92 Å². The van der Waals surface area contributed by atoms with Crippen molar-refractivity contribution in [3.8, 4) is 0 Å². The zero-order valence-electron chi connectivity index (χ0n) is 11.7. The fourth-order valence-corrected chi connectivity index (χ4v) is 1.50. The van der Waals surface area contributed by atoms with E-state index in [1.54, 1.807) is 6.92 Å². The van der Waals surface area contributed by atoms with E-state index in [0.29, 0.717) is 5.92 Å². The zero-order chi connectivity index (χ0) is 14.0. The molecule has 0 aliphatic heterocycles. The number of rotatable bonds is 8. The van der Waals surface area contributed by atoms with E-state index >= 15 is 0 Å². The molecule has 0 bridgehead atoms. The van der Waals surface area contributed by atoms with E-state index in [9.17, 15) is 9.59 Å². The Bertz CT molecular complexity index is 284. The summed E-state index contributed by atoms with van der Waals surface area (Å²) in [5, 5.41) is 0. The Morgan fingerprint density at radius 1 is 1.17 bits per heavy atom. The normalized spacial score (nSPS) is 11.7. The Morgan fingerprint density at radius 3 is 2.33 bits per heavy atom. The highest BCUT2D eigenvalue weighted by molar-refractivity contribution is 6.29. The molecule has 104 valence electrons. The van der Waals surface area contributed by atoms with E-state index in [0.717, 1.165) is 25.7 Å². The Morgan fingerprint density at radius 2 is 1.78 bits per heavy atom. The molecule has 0 N–H and O–H groups in total. The van der Waals surface area contributed by atoms with Crippen molar-refractivity contribution in [1.82, 2.24) is 0 Å². The summed E-state index contributed by atoms with van der Waals surface area (Å²) in [5.41, 5.74) is 1.19. The first-order chi connectivity index (χ1) is 8.47. The Hall–Kier alpha value is -1.32. The molecular weight excluding hydrogens is 232 g/mol. The molecule has 4 heteroatoms. The third-order valence-corrected chi connectivity index (χ3v) is 2.59. The molecule has 0 amide bonds. The summed E-state index contributed by atoms with van der Waals surface area (Å²) in [6.45, 7) is 10.1. The molecule has 0 saturated carbocycles. The predicted molar refractivity (Wildman–Crippen MR) is 70.0 cm³/mol. The van der Waals surface area contributed by atoms with Crippen molar-refractivity contribution in [2.45, 2.75) is 46.5 Å². The van der Waals surface area contributed by atoms with Crippen LogP contribution in [0.2, 0.25) is 0 Å². The van der Waals surface area contributed by atoms with E-state index in [1.165, 1.54) is 5.57 Å². The third-order valence-electron chi connectivity index (χ3n) is 2.59. The molecule has 1 unspecified atom stereocenters. The number of hydrogen-bond donors (Lipinski definition) is 0. The summed E-state index contributed by atoms with van der Waals surface area (Å²) >= 11 is 0. The van der Waals surface area contributed by atoms with Gasteiger partial charge in [-0.15, -0.1) is 6.58 Å². The smallest absolute Gasteiger partial charge is 0.417 e. The summed E-state index contributed by atoms with van der Waals surface area (Å²) < 4.78 is 9.35. The molecule has 1 atom stereocenters. The van der Waals surface area contributed by atoms with Gasteiger partial charge < -0.3 is 9.47 Å². The highest BCUT2D eigenvalue weighted by atomic mass is 16.6. The summed E-state index contributed by atoms with van der Waals surface area (Å²) in [6, 6.07) is 0. The average molecular weight is 256 g/mol. The molecule has 4 nitrogen and oxygen atoms in total. The lowest BCUT2D eigenvalue weighted by atomic mass is 9.99. The van der Waals surface area contributed by atoms with Crippen LogP contribution in [0.25, 0.3) is 0 Å². The number of esters is 2. The molecule has 0 heterocycles. The number of carbonyl (C=O) groups excluding carboxylic acids is 2. The molecule has 0 radical (unpaired) electrons. The van der Waals surface area contributed by atoms with E-state index in [2.05, 4.69) is 18.2 Å². The summed E-state index contributed by atoms with van der Waals surface area (Å²) in [6.07, 6.45) is 3.97. The van der Waals surface area contributed by atoms with Gasteiger partial charge in [0.25, 0.3) is 0 Å². The number of carbonyl (C=O) groups is 2. The van der Waals surface area contributed by atoms with Crippen molar-refractivity contribution in [3.05, 3.63) is 12.2 Å². The first kappa shape index (κ1) is 16.7. The van der Waals surface area contributed by atoms with Gasteiger partial charge in [0.15, 0.2) is 0 Å². The fraction of sp³-hybridized carbons (Fsp3) is 0.714. The van der Waals surface area contributed by atoms with Crippen LogP contribution in [-0.2, 0) is 19.1 Å². The molecule has 0 aromatic heterocycles. The van der Waals surface area contributed by atoms with Crippen molar-refractivity contribution >= 4 is 11.9 Å². The molecule has 0 rings (SSSR count). The van der Waals surface area contributed by atoms with Crippen molar-refractivity contribution in [2.75, 3.05) is 13.2 Å². The van der Waals surface area contributed by atoms with Crippen LogP contribution in [0.1, 0.15) is 46.5 Å². The van der Waals surface area contributed by atoms with Crippen LogP contribution in [0.3, 0.4) is 0 Å². The second-order valence-electron chi connectivity index (χ2n) is 4.60. The van der Waals surface area contributed by atoms with Gasteiger partial charge >= 0.3 is 11.9 Å². The average Bonchev–Trinajstić information content (AvgIpc) is 2.28. The third kappa shape index (κ3) is 8.79. The lowest BCUT2D eigenvalue weighted by Gasteiger charge is -2.11. The summed E-state index contributed by atoms with van der Waals surface area (Å²) in [5.74, 6) is -1.34. The second kappa shape index (κ2) is 9.68. The van der Waals surface area contributed by atoms with E-state index < -0.39 is 11.9 Å². The minimum atomic E-state index is -0.910. The van der Waals surface area contributed by atoms with Gasteiger partial charge in [-0.2, -0.15) is 0 Å². The van der Waals surface area contributed by atoms with Gasteiger partial charge in [-0.3, -0.25) is 0 Å². The van der Waals surface area contributed by atoms with Crippen LogP contribution in [0.15, 0.2) is 12.2 Å². The predicted octanol–water partition coefficient (Wildman–Crippen LogP) is 2.87. The highest BCUT2D eigenvalue weighted by Gasteiger charge is 2.16. The molecule has 0 fully saturated rings. The Balaban J connectivity index is 3.61. The van der Waals surface area contributed by atoms with Gasteiger partial charge in [-0.05, 0) is 39.0 Å². The van der Waals surface area contributed by atoms with Crippen molar-refractivity contribution < 1.29 is 19.1 Å². The molecule has 0 saturated heterocycles. The van der Waals surface area contributed by atoms with E-state index in [-0.39, 0.29) is 13.2 Å². The van der Waals surface area contributed by atoms with Gasteiger partial charge in [-0.1, -0.05) is 18.9 Å². The second-order valence-corrected chi connectivity index (χ2v) is 4.60. The number of allylic oxidation sites excluding steroid dienone is 1. The van der Waals surface area contributed by atoms with Crippen LogP contribution in [0.4, 0.5) is 0 Å². The van der Waals surface area contributed by atoms with Crippen molar-refractivity contribution in [1.29, 1.82) is 0 Å². The summed E-state index contributed by atoms with van der Waals surface area (Å²) in [7, 11) is 0. The van der Waals surface area contributed by atoms with Gasteiger partial charge in [0.1, 0.15) is 0 Å². The maximum atomic E-state index is 11.1. The first-order valence-corrected chi connectivity index (χ1v) is 6.45. The van der Waals surface area contributed by atoms with Crippen LogP contribution in [0, 0.1) is 5.92 Å². The monoisotopic (exact) mass is 256 g/mol. The molecule has 0 aliphatic rings. The fourth-order valence-electron chi connectivity index (χ4n) is 1.50. The van der Waals surface area contributed by atoms with Crippen LogP contribution in [0.5, 0.6) is 0 Å². The quantitative estimate of drug-likeness (QED) is 0.380. The van der Waals surface area contributed by atoms with Gasteiger partial charge in [-0.25, -0.2) is 9.59 Å². The lowest BCUT2D eigenvalue weighted by molar-refractivity contribution is -0.167. The Labute approximate surface area is 109 Å². The molecule has 0 spiro atoms. The maximum Gasteiger partial charge on any atom is 0.417 e. The summed E-state index contributed by atoms with van der Waals surface area (Å²) in [4.78, 5) is 22.1. The lowest BCUT2D eigenvalue weighted by Crippen LogP contribution is -2.21. The van der Waals surface area contributed by atoms with Crippen molar-refractivity contribution in [3.63, 3.8) is 0 Å².